The Morgan fingerprint density at radius 1 is 1.24 bits per heavy atom. The monoisotopic (exact) mass is 238 g/mol. The summed E-state index contributed by atoms with van der Waals surface area (Å²) in [5.41, 5.74) is 4.01. The van der Waals surface area contributed by atoms with Crippen LogP contribution in [0.25, 0.3) is 0 Å². The molecule has 3 N–H and O–H groups in total. The van der Waals surface area contributed by atoms with Crippen molar-refractivity contribution in [2.75, 3.05) is 20.8 Å². The van der Waals surface area contributed by atoms with Crippen molar-refractivity contribution in [1.29, 1.82) is 0 Å². The highest BCUT2D eigenvalue weighted by atomic mass is 16.5. The number of hydrogen-bond donors (Lipinski definition) is 2. The first kappa shape index (κ1) is 14.0. The summed E-state index contributed by atoms with van der Waals surface area (Å²) in [5, 5.41) is 0. The summed E-state index contributed by atoms with van der Waals surface area (Å²) < 4.78 is 10.3. The van der Waals surface area contributed by atoms with Gasteiger partial charge in [0.25, 0.3) is 0 Å². The Morgan fingerprint density at radius 3 is 2.35 bits per heavy atom. The van der Waals surface area contributed by atoms with E-state index in [4.69, 9.17) is 15.3 Å². The first-order chi connectivity index (χ1) is 8.21. The van der Waals surface area contributed by atoms with Crippen LogP contribution in [0.3, 0.4) is 0 Å². The molecule has 17 heavy (non-hydrogen) atoms. The number of benzene rings is 1. The fraction of sp³-hybridized carbons (Fsp3) is 0.538. The van der Waals surface area contributed by atoms with Crippen LogP contribution in [0.1, 0.15) is 24.9 Å². The second kappa shape index (κ2) is 7.27. The number of ether oxygens (including phenoxy) is 2. The lowest BCUT2D eigenvalue weighted by atomic mass is 9.97. The molecule has 0 fully saturated rings. The zero-order chi connectivity index (χ0) is 12.7. The average Bonchev–Trinajstić information content (AvgIpc) is 2.36. The number of nitrogens with one attached hydrogen (secondary N) is 1. The maximum absolute atomic E-state index is 5.60. The van der Waals surface area contributed by atoms with Gasteiger partial charge in [-0.1, -0.05) is 19.1 Å². The fourth-order valence-electron chi connectivity index (χ4n) is 1.89. The summed E-state index contributed by atoms with van der Waals surface area (Å²) in [4.78, 5) is 0. The molecule has 4 nitrogen and oxygen atoms in total. The van der Waals surface area contributed by atoms with Crippen molar-refractivity contribution in [3.8, 4) is 5.75 Å². The number of methoxy groups -OCH3 is 2. The Bertz CT molecular complexity index is 314. The molecule has 0 heterocycles. The molecule has 0 aromatic heterocycles. The second-order valence-corrected chi connectivity index (χ2v) is 4.29. The van der Waals surface area contributed by atoms with Crippen LogP contribution in [-0.2, 0) is 4.74 Å². The molecular formula is C13H22N2O2. The molecule has 0 saturated carbocycles. The summed E-state index contributed by atoms with van der Waals surface area (Å²) in [6.45, 7) is 2.89. The third kappa shape index (κ3) is 4.34. The van der Waals surface area contributed by atoms with Gasteiger partial charge in [-0.25, -0.2) is 0 Å². The van der Waals surface area contributed by atoms with Gasteiger partial charge in [-0.05, 0) is 30.0 Å². The van der Waals surface area contributed by atoms with Crippen LogP contribution >= 0.6 is 0 Å². The van der Waals surface area contributed by atoms with Crippen LogP contribution in [-0.4, -0.2) is 20.8 Å². The van der Waals surface area contributed by atoms with Gasteiger partial charge in [0.1, 0.15) is 5.75 Å². The smallest absolute Gasteiger partial charge is 0.118 e. The quantitative estimate of drug-likeness (QED) is 0.562. The van der Waals surface area contributed by atoms with Crippen molar-refractivity contribution < 1.29 is 9.47 Å². The molecule has 1 aromatic rings. The molecular weight excluding hydrogens is 216 g/mol. The van der Waals surface area contributed by atoms with Gasteiger partial charge in [0.2, 0.25) is 0 Å². The van der Waals surface area contributed by atoms with Crippen LogP contribution < -0.4 is 16.0 Å². The molecule has 2 unspecified atom stereocenters. The minimum Gasteiger partial charge on any atom is -0.497 e. The van der Waals surface area contributed by atoms with E-state index < -0.39 is 0 Å². The largest absolute Gasteiger partial charge is 0.497 e. The molecule has 0 aliphatic heterocycles. The fourth-order valence-corrected chi connectivity index (χ4v) is 1.89. The summed E-state index contributed by atoms with van der Waals surface area (Å²) in [6.07, 6.45) is 0.941. The van der Waals surface area contributed by atoms with E-state index in [-0.39, 0.29) is 6.04 Å². The number of nitrogens with two attached hydrogens (primary N) is 1. The van der Waals surface area contributed by atoms with E-state index in [1.165, 1.54) is 0 Å². The van der Waals surface area contributed by atoms with Crippen molar-refractivity contribution >= 4 is 0 Å². The normalized spacial score (nSPS) is 14.4. The minimum absolute atomic E-state index is 0.144. The zero-order valence-corrected chi connectivity index (χ0v) is 10.8. The third-order valence-electron chi connectivity index (χ3n) is 2.81. The van der Waals surface area contributed by atoms with Gasteiger partial charge in [-0.15, -0.1) is 0 Å². The maximum atomic E-state index is 5.60. The van der Waals surface area contributed by atoms with E-state index in [0.29, 0.717) is 5.92 Å². The highest BCUT2D eigenvalue weighted by Gasteiger charge is 2.13. The Hall–Kier alpha value is -1.10. The standard InChI is InChI=1S/C13H22N2O2/c1-10(9-16-2)8-13(15-14)11-4-6-12(17-3)7-5-11/h4-7,10,13,15H,8-9,14H2,1-3H3. The number of hydrazine groups is 1. The molecule has 0 bridgehead atoms. The minimum atomic E-state index is 0.144. The molecule has 0 saturated heterocycles. The highest BCUT2D eigenvalue weighted by molar-refractivity contribution is 5.29. The molecule has 0 spiro atoms. The Morgan fingerprint density at radius 2 is 1.88 bits per heavy atom. The summed E-state index contributed by atoms with van der Waals surface area (Å²) in [5.74, 6) is 6.91. The number of rotatable bonds is 7. The van der Waals surface area contributed by atoms with E-state index in [1.807, 2.05) is 24.3 Å². The lowest BCUT2D eigenvalue weighted by molar-refractivity contribution is 0.149. The van der Waals surface area contributed by atoms with Crippen LogP contribution in [0.2, 0.25) is 0 Å². The van der Waals surface area contributed by atoms with E-state index in [1.54, 1.807) is 14.2 Å². The maximum Gasteiger partial charge on any atom is 0.118 e. The highest BCUT2D eigenvalue weighted by Crippen LogP contribution is 2.22. The second-order valence-electron chi connectivity index (χ2n) is 4.29. The summed E-state index contributed by atoms with van der Waals surface area (Å²) >= 11 is 0. The lowest BCUT2D eigenvalue weighted by Crippen LogP contribution is -2.30. The Kier molecular flexibility index (Phi) is 5.97. The zero-order valence-electron chi connectivity index (χ0n) is 10.8. The first-order valence-corrected chi connectivity index (χ1v) is 5.80. The van der Waals surface area contributed by atoms with Crippen LogP contribution in [0, 0.1) is 5.92 Å². The van der Waals surface area contributed by atoms with Crippen molar-refractivity contribution in [1.82, 2.24) is 5.43 Å². The Labute approximate surface area is 103 Å². The molecule has 0 aliphatic carbocycles. The molecule has 0 radical (unpaired) electrons. The van der Waals surface area contributed by atoms with Crippen molar-refractivity contribution in [2.24, 2.45) is 11.8 Å². The Balaban J connectivity index is 2.65. The van der Waals surface area contributed by atoms with Gasteiger partial charge in [-0.3, -0.25) is 11.3 Å². The van der Waals surface area contributed by atoms with Crippen molar-refractivity contribution in [2.45, 2.75) is 19.4 Å². The average molecular weight is 238 g/mol. The SMILES string of the molecule is COCC(C)CC(NN)c1ccc(OC)cc1. The molecule has 4 heteroatoms. The summed E-state index contributed by atoms with van der Waals surface area (Å²) in [7, 11) is 3.38. The van der Waals surface area contributed by atoms with Crippen molar-refractivity contribution in [3.05, 3.63) is 29.8 Å². The number of hydrogen-bond acceptors (Lipinski definition) is 4. The van der Waals surface area contributed by atoms with Gasteiger partial charge < -0.3 is 9.47 Å². The van der Waals surface area contributed by atoms with E-state index >= 15 is 0 Å². The van der Waals surface area contributed by atoms with Gasteiger partial charge in [0.15, 0.2) is 0 Å². The molecule has 1 aromatic carbocycles. The molecule has 1 rings (SSSR count). The van der Waals surface area contributed by atoms with Gasteiger partial charge in [0.05, 0.1) is 7.11 Å². The van der Waals surface area contributed by atoms with E-state index in [0.717, 1.165) is 24.3 Å². The van der Waals surface area contributed by atoms with Gasteiger partial charge in [-0.2, -0.15) is 0 Å². The van der Waals surface area contributed by atoms with E-state index in [9.17, 15) is 0 Å². The third-order valence-corrected chi connectivity index (χ3v) is 2.81. The topological polar surface area (TPSA) is 56.5 Å². The van der Waals surface area contributed by atoms with Crippen molar-refractivity contribution in [3.63, 3.8) is 0 Å². The summed E-state index contributed by atoms with van der Waals surface area (Å²) in [6, 6.07) is 8.10. The molecule has 96 valence electrons. The molecule has 0 amide bonds. The first-order valence-electron chi connectivity index (χ1n) is 5.80. The van der Waals surface area contributed by atoms with Gasteiger partial charge >= 0.3 is 0 Å². The van der Waals surface area contributed by atoms with Crippen LogP contribution in [0.4, 0.5) is 0 Å². The molecule has 0 aliphatic rings. The van der Waals surface area contributed by atoms with Gasteiger partial charge in [0, 0.05) is 19.8 Å². The predicted molar refractivity (Wildman–Crippen MR) is 68.7 cm³/mol. The van der Waals surface area contributed by atoms with Crippen LogP contribution in [0.5, 0.6) is 5.75 Å². The van der Waals surface area contributed by atoms with Crippen LogP contribution in [0.15, 0.2) is 24.3 Å². The molecule has 2 atom stereocenters. The van der Waals surface area contributed by atoms with E-state index in [2.05, 4.69) is 12.3 Å². The predicted octanol–water partition coefficient (Wildman–Crippen LogP) is 1.87. The lowest BCUT2D eigenvalue weighted by Gasteiger charge is -2.20.